The van der Waals surface area contributed by atoms with Gasteiger partial charge in [-0.2, -0.15) is 0 Å². The molecule has 108 valence electrons. The van der Waals surface area contributed by atoms with E-state index in [2.05, 4.69) is 5.32 Å². The first-order valence-corrected chi connectivity index (χ1v) is 6.42. The molecule has 1 saturated carbocycles. The zero-order chi connectivity index (χ0) is 14.4. The van der Waals surface area contributed by atoms with Crippen LogP contribution in [0, 0.1) is 11.8 Å². The van der Waals surface area contributed by atoms with Crippen molar-refractivity contribution in [1.82, 2.24) is 5.32 Å². The fraction of sp³-hybridized carbons (Fsp3) is 0.769. The minimum atomic E-state index is -0.329. The van der Waals surface area contributed by atoms with Crippen LogP contribution in [-0.2, 0) is 23.9 Å². The average Bonchev–Trinajstić information content (AvgIpc) is 2.65. The van der Waals surface area contributed by atoms with Crippen molar-refractivity contribution in [2.24, 2.45) is 11.8 Å². The highest BCUT2D eigenvalue weighted by atomic mass is 16.5. The van der Waals surface area contributed by atoms with Crippen molar-refractivity contribution in [3.63, 3.8) is 0 Å². The van der Waals surface area contributed by atoms with E-state index in [9.17, 15) is 14.4 Å². The first-order valence-electron chi connectivity index (χ1n) is 6.42. The summed E-state index contributed by atoms with van der Waals surface area (Å²) < 4.78 is 10.0. The molecule has 0 bridgehead atoms. The number of ether oxygens (including phenoxy) is 2. The predicted octanol–water partition coefficient (Wildman–Crippen LogP) is 0.643. The molecule has 1 fully saturated rings. The molecule has 1 aliphatic carbocycles. The zero-order valence-electron chi connectivity index (χ0n) is 11.6. The van der Waals surface area contributed by atoms with Crippen molar-refractivity contribution in [3.05, 3.63) is 0 Å². The minimum absolute atomic E-state index is 0.0302. The summed E-state index contributed by atoms with van der Waals surface area (Å²) >= 11 is 0. The Labute approximate surface area is 112 Å². The first-order chi connectivity index (χ1) is 8.88. The van der Waals surface area contributed by atoms with Gasteiger partial charge in [-0.15, -0.1) is 0 Å². The van der Waals surface area contributed by atoms with Crippen LogP contribution in [0.15, 0.2) is 0 Å². The first kappa shape index (κ1) is 15.5. The van der Waals surface area contributed by atoms with Crippen LogP contribution in [0.2, 0.25) is 0 Å². The van der Waals surface area contributed by atoms with E-state index < -0.39 is 0 Å². The second-order valence-corrected chi connectivity index (χ2v) is 5.01. The number of rotatable bonds is 5. The molecule has 3 atom stereocenters. The molecule has 0 aliphatic heterocycles. The van der Waals surface area contributed by atoms with Crippen molar-refractivity contribution in [2.45, 2.75) is 39.7 Å². The molecule has 6 nitrogen and oxygen atoms in total. The highest BCUT2D eigenvalue weighted by Gasteiger charge is 2.35. The van der Waals surface area contributed by atoms with E-state index in [1.165, 1.54) is 20.8 Å². The molecule has 0 radical (unpaired) electrons. The molecular formula is C13H21NO5. The lowest BCUT2D eigenvalue weighted by molar-refractivity contribution is -0.142. The topological polar surface area (TPSA) is 81.7 Å². The van der Waals surface area contributed by atoms with E-state index in [0.717, 1.165) is 12.8 Å². The average molecular weight is 271 g/mol. The molecular weight excluding hydrogens is 250 g/mol. The number of hydrogen-bond acceptors (Lipinski definition) is 5. The van der Waals surface area contributed by atoms with Crippen LogP contribution >= 0.6 is 0 Å². The Morgan fingerprint density at radius 1 is 1.00 bits per heavy atom. The van der Waals surface area contributed by atoms with E-state index in [1.54, 1.807) is 0 Å². The summed E-state index contributed by atoms with van der Waals surface area (Å²) in [6.07, 6.45) is 1.50. The van der Waals surface area contributed by atoms with E-state index in [4.69, 9.17) is 9.47 Å². The molecule has 0 aromatic heterocycles. The quantitative estimate of drug-likeness (QED) is 0.742. The molecule has 0 aromatic carbocycles. The Morgan fingerprint density at radius 2 is 1.58 bits per heavy atom. The largest absolute Gasteiger partial charge is 0.466 e. The molecule has 0 heterocycles. The van der Waals surface area contributed by atoms with E-state index in [-0.39, 0.29) is 42.3 Å². The summed E-state index contributed by atoms with van der Waals surface area (Å²) in [6, 6.07) is -0.0302. The fourth-order valence-corrected chi connectivity index (χ4v) is 2.46. The van der Waals surface area contributed by atoms with Gasteiger partial charge in [0.15, 0.2) is 0 Å². The molecule has 1 amide bonds. The lowest BCUT2D eigenvalue weighted by Crippen LogP contribution is -2.37. The monoisotopic (exact) mass is 271 g/mol. The lowest BCUT2D eigenvalue weighted by Gasteiger charge is -2.19. The van der Waals surface area contributed by atoms with Crippen LogP contribution in [0.25, 0.3) is 0 Å². The Kier molecular flexibility index (Phi) is 5.79. The van der Waals surface area contributed by atoms with Crippen LogP contribution in [0.5, 0.6) is 0 Å². The van der Waals surface area contributed by atoms with Gasteiger partial charge in [-0.25, -0.2) is 0 Å². The number of amides is 1. The van der Waals surface area contributed by atoms with Gasteiger partial charge in [-0.3, -0.25) is 14.4 Å². The molecule has 1 aliphatic rings. The SMILES string of the molecule is CC(=O)N[C@@H]1C[C@H](COC(C)=O)C[C@H]1COC(C)=O. The van der Waals surface area contributed by atoms with Gasteiger partial charge < -0.3 is 14.8 Å². The van der Waals surface area contributed by atoms with Crippen LogP contribution in [-0.4, -0.2) is 37.1 Å². The molecule has 6 heteroatoms. The molecule has 0 spiro atoms. The fourth-order valence-electron chi connectivity index (χ4n) is 2.46. The lowest BCUT2D eigenvalue weighted by atomic mass is 10.0. The van der Waals surface area contributed by atoms with Gasteiger partial charge in [-0.05, 0) is 18.8 Å². The number of esters is 2. The molecule has 19 heavy (non-hydrogen) atoms. The Bertz CT molecular complexity index is 355. The van der Waals surface area contributed by atoms with Crippen LogP contribution in [0.4, 0.5) is 0 Å². The van der Waals surface area contributed by atoms with Gasteiger partial charge in [0.2, 0.25) is 5.91 Å². The van der Waals surface area contributed by atoms with Gasteiger partial charge in [0.25, 0.3) is 0 Å². The summed E-state index contributed by atoms with van der Waals surface area (Å²) in [4.78, 5) is 32.8. The van der Waals surface area contributed by atoms with E-state index in [0.29, 0.717) is 6.61 Å². The number of carbonyl (C=O) groups is 3. The summed E-state index contributed by atoms with van der Waals surface area (Å²) in [5.74, 6) is -0.467. The normalized spacial score (nSPS) is 25.7. The van der Waals surface area contributed by atoms with Crippen molar-refractivity contribution >= 4 is 17.8 Å². The predicted molar refractivity (Wildman–Crippen MR) is 67.1 cm³/mol. The molecule has 1 rings (SSSR count). The maximum absolute atomic E-state index is 11.2. The van der Waals surface area contributed by atoms with Crippen LogP contribution in [0.3, 0.4) is 0 Å². The summed E-state index contributed by atoms with van der Waals surface area (Å²) in [6.45, 7) is 4.83. The maximum Gasteiger partial charge on any atom is 0.302 e. The highest BCUT2D eigenvalue weighted by molar-refractivity contribution is 5.73. The van der Waals surface area contributed by atoms with E-state index >= 15 is 0 Å². The van der Waals surface area contributed by atoms with Gasteiger partial charge in [0.1, 0.15) is 0 Å². The van der Waals surface area contributed by atoms with Crippen molar-refractivity contribution < 1.29 is 23.9 Å². The Balaban J connectivity index is 2.51. The maximum atomic E-state index is 11.2. The van der Waals surface area contributed by atoms with Crippen molar-refractivity contribution in [1.29, 1.82) is 0 Å². The van der Waals surface area contributed by atoms with Crippen LogP contribution < -0.4 is 5.32 Å². The summed E-state index contributed by atoms with van der Waals surface area (Å²) in [7, 11) is 0. The Hall–Kier alpha value is -1.59. The molecule has 0 saturated heterocycles. The van der Waals surface area contributed by atoms with Gasteiger partial charge >= 0.3 is 11.9 Å². The van der Waals surface area contributed by atoms with Gasteiger partial charge in [0.05, 0.1) is 13.2 Å². The van der Waals surface area contributed by atoms with E-state index in [1.807, 2.05) is 0 Å². The smallest absolute Gasteiger partial charge is 0.302 e. The molecule has 1 N–H and O–H groups in total. The number of hydrogen-bond donors (Lipinski definition) is 1. The minimum Gasteiger partial charge on any atom is -0.466 e. The molecule has 0 unspecified atom stereocenters. The van der Waals surface area contributed by atoms with Gasteiger partial charge in [0, 0.05) is 32.7 Å². The van der Waals surface area contributed by atoms with Crippen LogP contribution in [0.1, 0.15) is 33.6 Å². The van der Waals surface area contributed by atoms with Crippen molar-refractivity contribution in [2.75, 3.05) is 13.2 Å². The second-order valence-electron chi connectivity index (χ2n) is 5.01. The van der Waals surface area contributed by atoms with Gasteiger partial charge in [-0.1, -0.05) is 0 Å². The summed E-state index contributed by atoms with van der Waals surface area (Å²) in [5, 5.41) is 2.86. The second kappa shape index (κ2) is 7.11. The number of nitrogens with one attached hydrogen (secondary N) is 1. The Morgan fingerprint density at radius 3 is 2.11 bits per heavy atom. The summed E-state index contributed by atoms with van der Waals surface area (Å²) in [5.41, 5.74) is 0. The third kappa shape index (κ3) is 5.72. The number of carbonyl (C=O) groups excluding carboxylic acids is 3. The van der Waals surface area contributed by atoms with Crippen molar-refractivity contribution in [3.8, 4) is 0 Å². The third-order valence-corrected chi connectivity index (χ3v) is 3.20. The zero-order valence-corrected chi connectivity index (χ0v) is 11.6. The highest BCUT2D eigenvalue weighted by Crippen LogP contribution is 2.32. The molecule has 0 aromatic rings. The standard InChI is InChI=1S/C13H21NO5/c1-8(15)14-13-5-11(6-18-9(2)16)4-12(13)7-19-10(3)17/h11-13H,4-7H2,1-3H3,(H,14,15)/t11-,12+,13-/m1/s1. The third-order valence-electron chi connectivity index (χ3n) is 3.20.